The molecule has 0 heterocycles. The van der Waals surface area contributed by atoms with E-state index < -0.39 is 0 Å². The topological polar surface area (TPSA) is 38.3 Å². The van der Waals surface area contributed by atoms with Crippen LogP contribution in [0.4, 0.5) is 5.69 Å². The van der Waals surface area contributed by atoms with Crippen LogP contribution < -0.4 is 5.32 Å². The van der Waals surface area contributed by atoms with Gasteiger partial charge in [-0.1, -0.05) is 41.9 Å². The molecule has 2 aromatic carbocycles. The number of amides is 1. The minimum absolute atomic E-state index is 0.0216. The quantitative estimate of drug-likeness (QED) is 0.817. The van der Waals surface area contributed by atoms with Gasteiger partial charge in [-0.25, -0.2) is 0 Å². The fraction of sp³-hybridized carbons (Fsp3) is 0.235. The van der Waals surface area contributed by atoms with Crippen molar-refractivity contribution in [2.75, 3.05) is 18.2 Å². The monoisotopic (exact) mass is 335 g/mol. The third kappa shape index (κ3) is 5.37. The maximum atomic E-state index is 12.0. The highest BCUT2D eigenvalue weighted by Crippen LogP contribution is 2.21. The van der Waals surface area contributed by atoms with E-state index in [2.05, 4.69) is 5.32 Å². The number of hydrogen-bond donors (Lipinski definition) is 1. The SMILES string of the molecule is COCc1cccc(NC(=O)CSCc2ccccc2Cl)c1. The molecule has 0 saturated carbocycles. The molecule has 0 fully saturated rings. The van der Waals surface area contributed by atoms with Gasteiger partial charge in [0.15, 0.2) is 0 Å². The van der Waals surface area contributed by atoms with E-state index in [-0.39, 0.29) is 5.91 Å². The summed E-state index contributed by atoms with van der Waals surface area (Å²) in [6.07, 6.45) is 0. The molecule has 0 spiro atoms. The van der Waals surface area contributed by atoms with Gasteiger partial charge >= 0.3 is 0 Å². The van der Waals surface area contributed by atoms with Gasteiger partial charge in [0.25, 0.3) is 0 Å². The summed E-state index contributed by atoms with van der Waals surface area (Å²) in [4.78, 5) is 12.0. The first-order chi connectivity index (χ1) is 10.7. The number of carbonyl (C=O) groups is 1. The number of ether oxygens (including phenoxy) is 1. The molecule has 5 heteroatoms. The lowest BCUT2D eigenvalue weighted by Crippen LogP contribution is -2.14. The van der Waals surface area contributed by atoms with Crippen LogP contribution in [0.15, 0.2) is 48.5 Å². The van der Waals surface area contributed by atoms with Gasteiger partial charge < -0.3 is 10.1 Å². The highest BCUT2D eigenvalue weighted by molar-refractivity contribution is 7.99. The number of anilines is 1. The Hall–Kier alpha value is -1.49. The molecule has 3 nitrogen and oxygen atoms in total. The highest BCUT2D eigenvalue weighted by atomic mass is 35.5. The number of halogens is 1. The Balaban J connectivity index is 1.81. The smallest absolute Gasteiger partial charge is 0.234 e. The van der Waals surface area contributed by atoms with Gasteiger partial charge in [-0.2, -0.15) is 0 Å². The van der Waals surface area contributed by atoms with E-state index in [1.165, 1.54) is 0 Å². The Morgan fingerprint density at radius 2 is 2.05 bits per heavy atom. The molecule has 0 radical (unpaired) electrons. The standard InChI is InChI=1S/C17H18ClNO2S/c1-21-10-13-5-4-7-15(9-13)19-17(20)12-22-11-14-6-2-3-8-16(14)18/h2-9H,10-12H2,1H3,(H,19,20). The first kappa shape index (κ1) is 16.9. The first-order valence-electron chi connectivity index (χ1n) is 6.88. The van der Waals surface area contributed by atoms with Crippen molar-refractivity contribution in [1.29, 1.82) is 0 Å². The van der Waals surface area contributed by atoms with Crippen molar-refractivity contribution in [3.63, 3.8) is 0 Å². The Morgan fingerprint density at radius 3 is 2.82 bits per heavy atom. The number of nitrogens with one attached hydrogen (secondary N) is 1. The minimum Gasteiger partial charge on any atom is -0.380 e. The van der Waals surface area contributed by atoms with Gasteiger partial charge in [0.2, 0.25) is 5.91 Å². The molecule has 2 rings (SSSR count). The second-order valence-electron chi connectivity index (χ2n) is 4.77. The van der Waals surface area contributed by atoms with Gasteiger partial charge in [0.1, 0.15) is 0 Å². The second kappa shape index (κ2) is 8.83. The molecule has 2 aromatic rings. The Labute approximate surface area is 140 Å². The van der Waals surface area contributed by atoms with E-state index in [0.29, 0.717) is 12.4 Å². The van der Waals surface area contributed by atoms with Gasteiger partial charge in [0.05, 0.1) is 12.4 Å². The zero-order valence-electron chi connectivity index (χ0n) is 12.3. The predicted molar refractivity (Wildman–Crippen MR) is 93.4 cm³/mol. The van der Waals surface area contributed by atoms with Crippen LogP contribution in [0.3, 0.4) is 0 Å². The van der Waals surface area contributed by atoms with Crippen molar-refractivity contribution >= 4 is 35.0 Å². The summed E-state index contributed by atoms with van der Waals surface area (Å²) in [6.45, 7) is 0.533. The molecule has 1 amide bonds. The van der Waals surface area contributed by atoms with Crippen molar-refractivity contribution in [2.45, 2.75) is 12.4 Å². The summed E-state index contributed by atoms with van der Waals surface area (Å²) in [5.74, 6) is 1.09. The minimum atomic E-state index is -0.0216. The lowest BCUT2D eigenvalue weighted by molar-refractivity contribution is -0.113. The molecule has 0 unspecified atom stereocenters. The molecule has 0 saturated heterocycles. The van der Waals surface area contributed by atoms with Crippen molar-refractivity contribution in [3.8, 4) is 0 Å². The lowest BCUT2D eigenvalue weighted by Gasteiger charge is -2.08. The fourth-order valence-electron chi connectivity index (χ4n) is 1.97. The second-order valence-corrected chi connectivity index (χ2v) is 6.16. The summed E-state index contributed by atoms with van der Waals surface area (Å²) >= 11 is 7.63. The number of thioether (sulfide) groups is 1. The van der Waals surface area contributed by atoms with E-state index in [0.717, 1.165) is 27.6 Å². The number of rotatable bonds is 7. The van der Waals surface area contributed by atoms with Crippen LogP contribution in [0.25, 0.3) is 0 Å². The predicted octanol–water partition coefficient (Wildman–Crippen LogP) is 4.36. The third-order valence-corrected chi connectivity index (χ3v) is 4.32. The number of methoxy groups -OCH3 is 1. The summed E-state index contributed by atoms with van der Waals surface area (Å²) < 4.78 is 5.08. The van der Waals surface area contributed by atoms with Crippen LogP contribution in [-0.4, -0.2) is 18.8 Å². The molecule has 0 atom stereocenters. The number of hydrogen-bond acceptors (Lipinski definition) is 3. The number of benzene rings is 2. The molecular formula is C17H18ClNO2S. The Kier molecular flexibility index (Phi) is 6.77. The van der Waals surface area contributed by atoms with E-state index in [1.54, 1.807) is 18.9 Å². The van der Waals surface area contributed by atoms with E-state index in [4.69, 9.17) is 16.3 Å². The van der Waals surface area contributed by atoms with Crippen molar-refractivity contribution < 1.29 is 9.53 Å². The van der Waals surface area contributed by atoms with Gasteiger partial charge in [-0.3, -0.25) is 4.79 Å². The van der Waals surface area contributed by atoms with Crippen LogP contribution in [0, 0.1) is 0 Å². The van der Waals surface area contributed by atoms with E-state index in [9.17, 15) is 4.79 Å². The summed E-state index contributed by atoms with van der Waals surface area (Å²) in [5, 5.41) is 3.63. The summed E-state index contributed by atoms with van der Waals surface area (Å²) in [6, 6.07) is 15.3. The van der Waals surface area contributed by atoms with Crippen LogP contribution in [0.1, 0.15) is 11.1 Å². The van der Waals surface area contributed by atoms with E-state index >= 15 is 0 Å². The normalized spacial score (nSPS) is 10.5. The average molecular weight is 336 g/mol. The van der Waals surface area contributed by atoms with Crippen LogP contribution >= 0.6 is 23.4 Å². The van der Waals surface area contributed by atoms with Gasteiger partial charge in [-0.05, 0) is 29.3 Å². The molecule has 0 aliphatic rings. The molecular weight excluding hydrogens is 318 g/mol. The molecule has 116 valence electrons. The van der Waals surface area contributed by atoms with Crippen LogP contribution in [0.2, 0.25) is 5.02 Å². The molecule has 0 bridgehead atoms. The number of carbonyl (C=O) groups excluding carboxylic acids is 1. The van der Waals surface area contributed by atoms with E-state index in [1.807, 2.05) is 48.5 Å². The average Bonchev–Trinajstić information content (AvgIpc) is 2.50. The van der Waals surface area contributed by atoms with Crippen LogP contribution in [-0.2, 0) is 21.9 Å². The van der Waals surface area contributed by atoms with Crippen molar-refractivity contribution in [1.82, 2.24) is 0 Å². The zero-order chi connectivity index (χ0) is 15.8. The third-order valence-electron chi connectivity index (χ3n) is 2.97. The van der Waals surface area contributed by atoms with Gasteiger partial charge in [-0.15, -0.1) is 11.8 Å². The highest BCUT2D eigenvalue weighted by Gasteiger charge is 2.05. The molecule has 0 aromatic heterocycles. The van der Waals surface area contributed by atoms with Crippen molar-refractivity contribution in [2.24, 2.45) is 0 Å². The first-order valence-corrected chi connectivity index (χ1v) is 8.41. The van der Waals surface area contributed by atoms with Crippen molar-refractivity contribution in [3.05, 3.63) is 64.7 Å². The molecule has 22 heavy (non-hydrogen) atoms. The largest absolute Gasteiger partial charge is 0.380 e. The Bertz CT molecular complexity index is 634. The fourth-order valence-corrected chi connectivity index (χ4v) is 3.08. The molecule has 0 aliphatic heterocycles. The Morgan fingerprint density at radius 1 is 1.23 bits per heavy atom. The molecule has 0 aliphatic carbocycles. The van der Waals surface area contributed by atoms with Gasteiger partial charge in [0, 0.05) is 23.6 Å². The lowest BCUT2D eigenvalue weighted by atomic mass is 10.2. The zero-order valence-corrected chi connectivity index (χ0v) is 13.9. The summed E-state index contributed by atoms with van der Waals surface area (Å²) in [7, 11) is 1.65. The maximum absolute atomic E-state index is 12.0. The maximum Gasteiger partial charge on any atom is 0.234 e. The molecule has 1 N–H and O–H groups in total. The van der Waals surface area contributed by atoms with Crippen LogP contribution in [0.5, 0.6) is 0 Å². The summed E-state index contributed by atoms with van der Waals surface area (Å²) in [5.41, 5.74) is 2.87.